The number of ether oxygens (including phenoxy) is 1. The van der Waals surface area contributed by atoms with Crippen molar-refractivity contribution < 1.29 is 4.74 Å². The topological polar surface area (TPSA) is 50.3 Å². The Bertz CT molecular complexity index is 720. The fourth-order valence-electron chi connectivity index (χ4n) is 3.90. The standard InChI is InChI=1S/C17H21ClN4O/c1-23-16-9-14-12(8-13(16)18)15(10-20-21-14)22-6-3-17(4-7-22)2-5-19-11-17/h8-10,19H,2-7,11H2,1H3. The quantitative estimate of drug-likeness (QED) is 0.916. The highest BCUT2D eigenvalue weighted by atomic mass is 35.5. The lowest BCUT2D eigenvalue weighted by Gasteiger charge is -2.40. The predicted molar refractivity (Wildman–Crippen MR) is 92.5 cm³/mol. The van der Waals surface area contributed by atoms with E-state index in [9.17, 15) is 0 Å². The van der Waals surface area contributed by atoms with Crippen molar-refractivity contribution in [2.75, 3.05) is 38.2 Å². The molecule has 1 spiro atoms. The summed E-state index contributed by atoms with van der Waals surface area (Å²) in [5, 5.41) is 13.6. The molecule has 0 radical (unpaired) electrons. The van der Waals surface area contributed by atoms with Crippen molar-refractivity contribution in [2.24, 2.45) is 5.41 Å². The molecule has 0 atom stereocenters. The van der Waals surface area contributed by atoms with E-state index in [2.05, 4.69) is 20.4 Å². The number of piperidine rings is 1. The van der Waals surface area contributed by atoms with Crippen LogP contribution < -0.4 is 15.0 Å². The van der Waals surface area contributed by atoms with Crippen molar-refractivity contribution in [3.63, 3.8) is 0 Å². The Hall–Kier alpha value is -1.59. The molecule has 122 valence electrons. The van der Waals surface area contributed by atoms with Gasteiger partial charge in [-0.05, 0) is 37.3 Å². The molecule has 2 aliphatic heterocycles. The normalized spacial score (nSPS) is 20.3. The summed E-state index contributed by atoms with van der Waals surface area (Å²) in [6.45, 7) is 4.45. The largest absolute Gasteiger partial charge is 0.495 e. The minimum Gasteiger partial charge on any atom is -0.495 e. The highest BCUT2D eigenvalue weighted by molar-refractivity contribution is 6.33. The molecule has 0 bridgehead atoms. The second kappa shape index (κ2) is 5.80. The molecule has 1 aromatic heterocycles. The molecule has 23 heavy (non-hydrogen) atoms. The third kappa shape index (κ3) is 2.62. The van der Waals surface area contributed by atoms with Crippen LogP contribution in [0.5, 0.6) is 5.75 Å². The summed E-state index contributed by atoms with van der Waals surface area (Å²) in [5.41, 5.74) is 2.46. The number of nitrogens with one attached hydrogen (secondary N) is 1. The molecule has 1 aromatic carbocycles. The van der Waals surface area contributed by atoms with Gasteiger partial charge in [-0.15, -0.1) is 0 Å². The second-order valence-electron chi connectivity index (χ2n) is 6.65. The van der Waals surface area contributed by atoms with E-state index < -0.39 is 0 Å². The molecular weight excluding hydrogens is 312 g/mol. The van der Waals surface area contributed by atoms with Crippen LogP contribution in [-0.4, -0.2) is 43.5 Å². The molecule has 2 aromatic rings. The van der Waals surface area contributed by atoms with Crippen molar-refractivity contribution in [3.8, 4) is 5.75 Å². The summed E-state index contributed by atoms with van der Waals surface area (Å²) in [6, 6.07) is 3.81. The number of hydrogen-bond acceptors (Lipinski definition) is 5. The molecular formula is C17H21ClN4O. The van der Waals surface area contributed by atoms with Gasteiger partial charge in [0.15, 0.2) is 0 Å². The molecule has 3 heterocycles. The van der Waals surface area contributed by atoms with Crippen LogP contribution in [0.1, 0.15) is 19.3 Å². The number of methoxy groups -OCH3 is 1. The van der Waals surface area contributed by atoms with Gasteiger partial charge in [-0.3, -0.25) is 0 Å². The molecule has 4 rings (SSSR count). The van der Waals surface area contributed by atoms with Gasteiger partial charge >= 0.3 is 0 Å². The van der Waals surface area contributed by atoms with Gasteiger partial charge in [0, 0.05) is 31.1 Å². The first kappa shape index (κ1) is 15.0. The molecule has 0 saturated carbocycles. The monoisotopic (exact) mass is 332 g/mol. The third-order valence-corrected chi connectivity index (χ3v) is 5.68. The molecule has 2 saturated heterocycles. The number of nitrogens with zero attached hydrogens (tertiary/aromatic N) is 3. The van der Waals surface area contributed by atoms with E-state index in [0.717, 1.165) is 36.2 Å². The number of hydrogen-bond donors (Lipinski definition) is 1. The summed E-state index contributed by atoms with van der Waals surface area (Å²) < 4.78 is 5.28. The van der Waals surface area contributed by atoms with E-state index in [4.69, 9.17) is 16.3 Å². The van der Waals surface area contributed by atoms with Crippen molar-refractivity contribution in [2.45, 2.75) is 19.3 Å². The maximum absolute atomic E-state index is 6.31. The van der Waals surface area contributed by atoms with E-state index in [0.29, 0.717) is 16.2 Å². The molecule has 2 fully saturated rings. The highest BCUT2D eigenvalue weighted by Gasteiger charge is 2.37. The van der Waals surface area contributed by atoms with Crippen LogP contribution in [0, 0.1) is 5.41 Å². The Kier molecular flexibility index (Phi) is 3.77. The van der Waals surface area contributed by atoms with E-state index in [1.54, 1.807) is 7.11 Å². The highest BCUT2D eigenvalue weighted by Crippen LogP contribution is 2.40. The Morgan fingerprint density at radius 1 is 1.26 bits per heavy atom. The first-order valence-electron chi connectivity index (χ1n) is 8.15. The molecule has 6 heteroatoms. The molecule has 2 aliphatic rings. The molecule has 1 N–H and O–H groups in total. The van der Waals surface area contributed by atoms with Crippen LogP contribution in [0.2, 0.25) is 5.02 Å². The minimum absolute atomic E-state index is 0.508. The Morgan fingerprint density at radius 3 is 2.78 bits per heavy atom. The van der Waals surface area contributed by atoms with Crippen molar-refractivity contribution in [1.29, 1.82) is 0 Å². The summed E-state index contributed by atoms with van der Waals surface area (Å²) in [6.07, 6.45) is 5.62. The van der Waals surface area contributed by atoms with Gasteiger partial charge in [-0.1, -0.05) is 11.6 Å². The maximum Gasteiger partial charge on any atom is 0.139 e. The number of benzene rings is 1. The number of aromatic nitrogens is 2. The van der Waals surface area contributed by atoms with Gasteiger partial charge in [-0.2, -0.15) is 10.2 Å². The predicted octanol–water partition coefficient (Wildman–Crippen LogP) is 2.87. The fourth-order valence-corrected chi connectivity index (χ4v) is 4.14. The third-order valence-electron chi connectivity index (χ3n) is 5.39. The molecule has 0 aliphatic carbocycles. The van der Waals surface area contributed by atoms with Gasteiger partial charge < -0.3 is 15.0 Å². The smallest absolute Gasteiger partial charge is 0.139 e. The lowest BCUT2D eigenvalue weighted by molar-refractivity contribution is 0.247. The lowest BCUT2D eigenvalue weighted by atomic mass is 9.78. The van der Waals surface area contributed by atoms with Gasteiger partial charge in [0.25, 0.3) is 0 Å². The first-order valence-corrected chi connectivity index (χ1v) is 8.53. The summed E-state index contributed by atoms with van der Waals surface area (Å²) in [5.74, 6) is 0.639. The van der Waals surface area contributed by atoms with Gasteiger partial charge in [-0.25, -0.2) is 0 Å². The average Bonchev–Trinajstić information content (AvgIpc) is 3.03. The number of fused-ring (bicyclic) bond motifs is 1. The zero-order chi connectivity index (χ0) is 15.9. The number of rotatable bonds is 2. The van der Waals surface area contributed by atoms with Crippen molar-refractivity contribution >= 4 is 28.2 Å². The van der Waals surface area contributed by atoms with Gasteiger partial charge in [0.05, 0.1) is 29.5 Å². The zero-order valence-corrected chi connectivity index (χ0v) is 14.1. The van der Waals surface area contributed by atoms with Crippen LogP contribution >= 0.6 is 11.6 Å². The van der Waals surface area contributed by atoms with Crippen molar-refractivity contribution in [1.82, 2.24) is 15.5 Å². The molecule has 5 nitrogen and oxygen atoms in total. The Balaban J connectivity index is 1.65. The van der Waals surface area contributed by atoms with E-state index in [1.165, 1.54) is 25.8 Å². The zero-order valence-electron chi connectivity index (χ0n) is 13.3. The lowest BCUT2D eigenvalue weighted by Crippen LogP contribution is -2.41. The number of anilines is 1. The SMILES string of the molecule is COc1cc2nncc(N3CCC4(CCNC4)CC3)c2cc1Cl. The molecule has 0 unspecified atom stereocenters. The van der Waals surface area contributed by atoms with Gasteiger partial charge in [0.2, 0.25) is 0 Å². The first-order chi connectivity index (χ1) is 11.2. The average molecular weight is 333 g/mol. The fraction of sp³-hybridized carbons (Fsp3) is 0.529. The van der Waals surface area contributed by atoms with E-state index in [-0.39, 0.29) is 0 Å². The summed E-state index contributed by atoms with van der Waals surface area (Å²) in [4.78, 5) is 2.42. The minimum atomic E-state index is 0.508. The van der Waals surface area contributed by atoms with Crippen LogP contribution in [0.4, 0.5) is 5.69 Å². The molecule has 0 amide bonds. The Labute approximate surface area is 141 Å². The van der Waals surface area contributed by atoms with Crippen LogP contribution in [0.25, 0.3) is 10.9 Å². The Morgan fingerprint density at radius 2 is 2.09 bits per heavy atom. The van der Waals surface area contributed by atoms with Crippen LogP contribution in [-0.2, 0) is 0 Å². The summed E-state index contributed by atoms with van der Waals surface area (Å²) >= 11 is 6.31. The maximum atomic E-state index is 6.31. The van der Waals surface area contributed by atoms with E-state index in [1.807, 2.05) is 18.3 Å². The van der Waals surface area contributed by atoms with Crippen molar-refractivity contribution in [3.05, 3.63) is 23.4 Å². The number of halogens is 1. The summed E-state index contributed by atoms with van der Waals surface area (Å²) in [7, 11) is 1.62. The second-order valence-corrected chi connectivity index (χ2v) is 7.05. The van der Waals surface area contributed by atoms with Crippen LogP contribution in [0.15, 0.2) is 18.3 Å². The van der Waals surface area contributed by atoms with Crippen LogP contribution in [0.3, 0.4) is 0 Å². The van der Waals surface area contributed by atoms with E-state index >= 15 is 0 Å². The van der Waals surface area contributed by atoms with Gasteiger partial charge in [0.1, 0.15) is 5.75 Å².